The Morgan fingerprint density at radius 3 is 2.66 bits per heavy atom. The molecule has 0 bridgehead atoms. The number of benzene rings is 2. The average molecular weight is 515 g/mol. The molecular weight excluding hydrogens is 488 g/mol. The Hall–Kier alpha value is -3.32. The maximum absolute atomic E-state index is 13.5. The monoisotopic (exact) mass is 514 g/mol. The van der Waals surface area contributed by atoms with Crippen LogP contribution in [0.3, 0.4) is 0 Å². The molecule has 35 heavy (non-hydrogen) atoms. The molecule has 3 rings (SSSR count). The summed E-state index contributed by atoms with van der Waals surface area (Å²) in [6, 6.07) is 16.5. The van der Waals surface area contributed by atoms with Crippen molar-refractivity contribution >= 4 is 27.5 Å². The molecule has 2 aromatic carbocycles. The summed E-state index contributed by atoms with van der Waals surface area (Å²) in [4.78, 5) is 14.9. The topological polar surface area (TPSA) is 104 Å². The summed E-state index contributed by atoms with van der Waals surface area (Å²) < 4.78 is 36.1. The second kappa shape index (κ2) is 11.4. The molecular formula is C25H27ClN4O4S. The number of hydrogen-bond acceptors (Lipinski definition) is 5. The van der Waals surface area contributed by atoms with E-state index < -0.39 is 22.0 Å². The molecule has 0 fully saturated rings. The number of aryl methyl sites for hydroxylation is 2. The third-order valence-electron chi connectivity index (χ3n) is 5.56. The maximum Gasteiger partial charge on any atom is 0.243 e. The van der Waals surface area contributed by atoms with Gasteiger partial charge in [-0.15, -0.1) is 0 Å². The first-order valence-corrected chi connectivity index (χ1v) is 12.7. The van der Waals surface area contributed by atoms with E-state index in [1.165, 1.54) is 11.0 Å². The second-order valence-electron chi connectivity index (χ2n) is 8.09. The highest BCUT2D eigenvalue weighted by Crippen LogP contribution is 2.25. The van der Waals surface area contributed by atoms with Crippen molar-refractivity contribution in [2.45, 2.75) is 37.4 Å². The number of carbonyl (C=O) groups is 1. The minimum absolute atomic E-state index is 0.0615. The summed E-state index contributed by atoms with van der Waals surface area (Å²) in [5.41, 5.74) is 1.73. The minimum Gasteiger partial charge on any atom is -0.497 e. The Labute approximate surface area is 210 Å². The van der Waals surface area contributed by atoms with Crippen LogP contribution in [0.1, 0.15) is 23.2 Å². The summed E-state index contributed by atoms with van der Waals surface area (Å²) in [5, 5.41) is 9.37. The van der Waals surface area contributed by atoms with Gasteiger partial charge < -0.3 is 14.2 Å². The van der Waals surface area contributed by atoms with Crippen LogP contribution in [-0.4, -0.2) is 44.0 Å². The molecule has 184 valence electrons. The van der Waals surface area contributed by atoms with Crippen molar-refractivity contribution < 1.29 is 17.9 Å². The van der Waals surface area contributed by atoms with Crippen LogP contribution in [0.2, 0.25) is 5.02 Å². The van der Waals surface area contributed by atoms with Gasteiger partial charge >= 0.3 is 0 Å². The largest absolute Gasteiger partial charge is 0.497 e. The molecule has 0 spiro atoms. The van der Waals surface area contributed by atoms with E-state index in [1.807, 2.05) is 18.2 Å². The Kier molecular flexibility index (Phi) is 8.57. The van der Waals surface area contributed by atoms with Crippen LogP contribution in [0.5, 0.6) is 5.75 Å². The standard InChI is InChI=1S/C25H27ClN4O4S/c1-18-7-4-11-22(26)24(18)35(32,33)28-23(12-14-30-13-6-9-20(30)16-27)25(31)29(2)17-19-8-5-10-21(15-19)34-3/h4-11,13,15,23,28H,12,14,17H2,1-3H3. The Morgan fingerprint density at radius 2 is 1.97 bits per heavy atom. The highest BCUT2D eigenvalue weighted by molar-refractivity contribution is 7.89. The normalized spacial score (nSPS) is 12.1. The van der Waals surface area contributed by atoms with Crippen molar-refractivity contribution in [3.05, 3.63) is 82.6 Å². The molecule has 0 aliphatic heterocycles. The van der Waals surface area contributed by atoms with E-state index in [1.54, 1.807) is 62.2 Å². The van der Waals surface area contributed by atoms with Crippen LogP contribution >= 0.6 is 11.6 Å². The number of hydrogen-bond donors (Lipinski definition) is 1. The third-order valence-corrected chi connectivity index (χ3v) is 7.66. The van der Waals surface area contributed by atoms with Crippen molar-refractivity contribution in [3.63, 3.8) is 0 Å². The molecule has 10 heteroatoms. The molecule has 0 radical (unpaired) electrons. The van der Waals surface area contributed by atoms with Gasteiger partial charge in [-0.1, -0.05) is 35.9 Å². The zero-order valence-corrected chi connectivity index (χ0v) is 21.3. The molecule has 1 atom stereocenters. The van der Waals surface area contributed by atoms with Gasteiger partial charge in [0.2, 0.25) is 15.9 Å². The van der Waals surface area contributed by atoms with Crippen LogP contribution < -0.4 is 9.46 Å². The predicted octanol–water partition coefficient (Wildman–Crippen LogP) is 3.73. The molecule has 8 nitrogen and oxygen atoms in total. The van der Waals surface area contributed by atoms with E-state index in [2.05, 4.69) is 10.8 Å². The fraction of sp³-hybridized carbons (Fsp3) is 0.280. The van der Waals surface area contributed by atoms with Gasteiger partial charge in [-0.05, 0) is 54.8 Å². The molecule has 0 aliphatic carbocycles. The van der Waals surface area contributed by atoms with Gasteiger partial charge in [0.05, 0.1) is 12.1 Å². The number of nitriles is 1. The Balaban J connectivity index is 1.87. The number of rotatable bonds is 10. The third kappa shape index (κ3) is 6.42. The fourth-order valence-electron chi connectivity index (χ4n) is 3.80. The smallest absolute Gasteiger partial charge is 0.243 e. The number of methoxy groups -OCH3 is 1. The molecule has 1 heterocycles. The summed E-state index contributed by atoms with van der Waals surface area (Å²) in [7, 11) is -0.940. The molecule has 0 saturated carbocycles. The van der Waals surface area contributed by atoms with Crippen molar-refractivity contribution in [1.29, 1.82) is 5.26 Å². The molecule has 1 N–H and O–H groups in total. The van der Waals surface area contributed by atoms with Gasteiger partial charge in [0.1, 0.15) is 28.4 Å². The first-order chi connectivity index (χ1) is 16.7. The lowest BCUT2D eigenvalue weighted by Crippen LogP contribution is -2.47. The minimum atomic E-state index is -4.11. The Bertz CT molecular complexity index is 1330. The first kappa shape index (κ1) is 26.3. The quantitative estimate of drug-likeness (QED) is 0.444. The molecule has 0 saturated heterocycles. The number of likely N-dealkylation sites (N-methyl/N-ethyl adjacent to an activating group) is 1. The second-order valence-corrected chi connectivity index (χ2v) is 10.2. The lowest BCUT2D eigenvalue weighted by molar-refractivity contribution is -0.132. The fourth-order valence-corrected chi connectivity index (χ4v) is 5.86. The van der Waals surface area contributed by atoms with Crippen LogP contribution in [0, 0.1) is 18.3 Å². The molecule has 3 aromatic rings. The molecule has 1 aromatic heterocycles. The van der Waals surface area contributed by atoms with E-state index in [4.69, 9.17) is 16.3 Å². The first-order valence-electron chi connectivity index (χ1n) is 10.9. The highest BCUT2D eigenvalue weighted by Gasteiger charge is 2.30. The molecule has 1 amide bonds. The van der Waals surface area contributed by atoms with Gasteiger partial charge in [0.25, 0.3) is 0 Å². The number of ether oxygens (including phenoxy) is 1. The Morgan fingerprint density at radius 1 is 1.23 bits per heavy atom. The summed E-state index contributed by atoms with van der Waals surface area (Å²) in [5.74, 6) is 0.248. The van der Waals surface area contributed by atoms with Crippen molar-refractivity contribution in [1.82, 2.24) is 14.2 Å². The number of sulfonamides is 1. The van der Waals surface area contributed by atoms with E-state index in [0.29, 0.717) is 17.0 Å². The molecule has 1 unspecified atom stereocenters. The zero-order chi connectivity index (χ0) is 25.6. The summed E-state index contributed by atoms with van der Waals surface area (Å²) >= 11 is 6.21. The zero-order valence-electron chi connectivity index (χ0n) is 19.7. The van der Waals surface area contributed by atoms with E-state index in [0.717, 1.165) is 5.56 Å². The van der Waals surface area contributed by atoms with E-state index >= 15 is 0 Å². The van der Waals surface area contributed by atoms with Gasteiger partial charge in [-0.2, -0.15) is 9.98 Å². The van der Waals surface area contributed by atoms with Crippen LogP contribution in [-0.2, 0) is 27.9 Å². The van der Waals surface area contributed by atoms with Gasteiger partial charge in [0, 0.05) is 26.3 Å². The number of amides is 1. The van der Waals surface area contributed by atoms with Crippen LogP contribution in [0.15, 0.2) is 65.7 Å². The lowest BCUT2D eigenvalue weighted by Gasteiger charge is -2.25. The van der Waals surface area contributed by atoms with Gasteiger partial charge in [-0.25, -0.2) is 8.42 Å². The number of nitrogens with one attached hydrogen (secondary N) is 1. The summed E-state index contributed by atoms with van der Waals surface area (Å²) in [6.07, 6.45) is 1.85. The number of halogens is 1. The SMILES string of the molecule is COc1cccc(CN(C)C(=O)C(CCn2cccc2C#N)NS(=O)(=O)c2c(C)cccc2Cl)c1. The van der Waals surface area contributed by atoms with Crippen molar-refractivity contribution in [2.24, 2.45) is 0 Å². The van der Waals surface area contributed by atoms with Gasteiger partial charge in [-0.3, -0.25) is 4.79 Å². The van der Waals surface area contributed by atoms with Gasteiger partial charge in [0.15, 0.2) is 0 Å². The van der Waals surface area contributed by atoms with E-state index in [9.17, 15) is 18.5 Å². The number of nitrogens with zero attached hydrogens (tertiary/aromatic N) is 3. The maximum atomic E-state index is 13.5. The summed E-state index contributed by atoms with van der Waals surface area (Å²) in [6.45, 7) is 2.17. The van der Waals surface area contributed by atoms with Crippen LogP contribution in [0.25, 0.3) is 0 Å². The highest BCUT2D eigenvalue weighted by atomic mass is 35.5. The van der Waals surface area contributed by atoms with Crippen LogP contribution in [0.4, 0.5) is 0 Å². The molecule has 0 aliphatic rings. The van der Waals surface area contributed by atoms with E-state index in [-0.39, 0.29) is 29.4 Å². The number of carbonyl (C=O) groups excluding carboxylic acids is 1. The predicted molar refractivity (Wildman–Crippen MR) is 134 cm³/mol. The average Bonchev–Trinajstić information content (AvgIpc) is 3.28. The number of aromatic nitrogens is 1. The lowest BCUT2D eigenvalue weighted by atomic mass is 10.1. The van der Waals surface area contributed by atoms with Crippen molar-refractivity contribution in [3.8, 4) is 11.8 Å². The van der Waals surface area contributed by atoms with Crippen molar-refractivity contribution in [2.75, 3.05) is 14.2 Å².